The van der Waals surface area contributed by atoms with Gasteiger partial charge in [-0.25, -0.2) is 22.9 Å². The van der Waals surface area contributed by atoms with Crippen molar-refractivity contribution in [2.45, 2.75) is 102 Å². The zero-order valence-electron chi connectivity index (χ0n) is 34.3. The number of nitrogens with one attached hydrogen (secondary N) is 4. The maximum atomic E-state index is 14.8. The lowest BCUT2D eigenvalue weighted by Crippen LogP contribution is -2.62. The van der Waals surface area contributed by atoms with E-state index in [2.05, 4.69) is 21.3 Å². The molecule has 0 unspecified atom stereocenters. The number of anilines is 1. The summed E-state index contributed by atoms with van der Waals surface area (Å²) < 4.78 is 51.3. The first-order valence-electron chi connectivity index (χ1n) is 19.5. The molecule has 0 aliphatic carbocycles. The SMILES string of the molecule is Cc1ccc(NC(=O)N[C@@H](Cc2cc(F)cc(F)c2)C(=O)N[C@@H]2C(=O)N3C[C@H](OP(=O)(O)O)C[C@H]3C(=O)N(C)[C@@H](C)C(=O)N[C@@H](C)C(=O)N3C[C@@H](C)C[C@H]3C(=O)O[C@H]2C)cc1. The molecule has 9 atom stereocenters. The van der Waals surface area contributed by atoms with Crippen LogP contribution in [0.4, 0.5) is 19.3 Å². The molecule has 3 fully saturated rings. The Morgan fingerprint density at radius 2 is 1.54 bits per heavy atom. The molecule has 3 heterocycles. The Morgan fingerprint density at radius 1 is 0.918 bits per heavy atom. The average molecular weight is 878 g/mol. The zero-order chi connectivity index (χ0) is 45.1. The first-order valence-corrected chi connectivity index (χ1v) is 21.1. The van der Waals surface area contributed by atoms with Gasteiger partial charge in [-0.3, -0.25) is 28.5 Å². The van der Waals surface area contributed by atoms with Gasteiger partial charge in [0.15, 0.2) is 0 Å². The number of likely N-dealkylation sites (N-methyl/N-ethyl adjacent to an activating group) is 1. The molecule has 22 heteroatoms. The van der Waals surface area contributed by atoms with Gasteiger partial charge in [-0.2, -0.15) is 0 Å². The Kier molecular flexibility index (Phi) is 14.5. The van der Waals surface area contributed by atoms with Crippen LogP contribution >= 0.6 is 7.82 Å². The number of phosphoric ester groups is 1. The number of benzene rings is 2. The fourth-order valence-corrected chi connectivity index (χ4v) is 8.12. The molecule has 61 heavy (non-hydrogen) atoms. The highest BCUT2D eigenvalue weighted by Crippen LogP contribution is 2.41. The number of urea groups is 1. The Labute approximate surface area is 350 Å². The minimum absolute atomic E-state index is 0.0738. The van der Waals surface area contributed by atoms with Crippen LogP contribution in [0, 0.1) is 24.5 Å². The summed E-state index contributed by atoms with van der Waals surface area (Å²) in [6, 6.07) is -0.617. The lowest BCUT2D eigenvalue weighted by atomic mass is 10.0. The van der Waals surface area contributed by atoms with E-state index in [1.165, 1.54) is 32.7 Å². The number of carbonyl (C=O) groups excluding carboxylic acids is 7. The number of cyclic esters (lactones) is 1. The van der Waals surface area contributed by atoms with Crippen LogP contribution in [-0.4, -0.2) is 135 Å². The molecule has 5 rings (SSSR count). The maximum Gasteiger partial charge on any atom is 0.469 e. The molecule has 0 aromatic heterocycles. The van der Waals surface area contributed by atoms with Crippen molar-refractivity contribution in [2.75, 3.05) is 25.5 Å². The molecule has 7 amide bonds. The number of esters is 1. The van der Waals surface area contributed by atoms with Crippen molar-refractivity contribution >= 4 is 55.0 Å². The molecule has 3 saturated heterocycles. The summed E-state index contributed by atoms with van der Waals surface area (Å²) in [5, 5.41) is 10.0. The number of amides is 7. The minimum atomic E-state index is -5.20. The molecule has 0 spiro atoms. The first-order chi connectivity index (χ1) is 28.5. The van der Waals surface area contributed by atoms with Crippen molar-refractivity contribution in [1.29, 1.82) is 0 Å². The van der Waals surface area contributed by atoms with E-state index in [-0.39, 0.29) is 24.4 Å². The molecule has 332 valence electrons. The van der Waals surface area contributed by atoms with Crippen molar-refractivity contribution < 1.29 is 66.0 Å². The highest BCUT2D eigenvalue weighted by Gasteiger charge is 2.49. The maximum absolute atomic E-state index is 14.8. The van der Waals surface area contributed by atoms with Crippen molar-refractivity contribution in [3.63, 3.8) is 0 Å². The number of nitrogens with zero attached hydrogens (tertiary/aromatic N) is 3. The van der Waals surface area contributed by atoms with Crippen LogP contribution in [0.15, 0.2) is 42.5 Å². The first kappa shape index (κ1) is 46.6. The molecular formula is C39H50F2N7O12P. The van der Waals surface area contributed by atoms with Crippen molar-refractivity contribution in [2.24, 2.45) is 5.92 Å². The average Bonchev–Trinajstić information content (AvgIpc) is 3.77. The summed E-state index contributed by atoms with van der Waals surface area (Å²) in [5.74, 6) is -7.66. The molecule has 0 radical (unpaired) electrons. The van der Waals surface area contributed by atoms with Gasteiger partial charge in [0.25, 0.3) is 0 Å². The molecule has 2 aromatic carbocycles. The molecular weight excluding hydrogens is 827 g/mol. The van der Waals surface area contributed by atoms with Crippen LogP contribution in [0.3, 0.4) is 0 Å². The number of carbonyl (C=O) groups is 7. The van der Waals surface area contributed by atoms with E-state index in [0.717, 1.165) is 27.5 Å². The van der Waals surface area contributed by atoms with Crippen LogP contribution in [0.2, 0.25) is 0 Å². The predicted octanol–water partition coefficient (Wildman–Crippen LogP) is 1.10. The van der Waals surface area contributed by atoms with Crippen molar-refractivity contribution in [3.05, 3.63) is 65.2 Å². The largest absolute Gasteiger partial charge is 0.469 e. The second-order valence-electron chi connectivity index (χ2n) is 15.8. The second kappa shape index (κ2) is 19.0. The van der Waals surface area contributed by atoms with Gasteiger partial charge in [0.05, 0.1) is 6.10 Å². The van der Waals surface area contributed by atoms with Gasteiger partial charge in [-0.1, -0.05) is 24.6 Å². The van der Waals surface area contributed by atoms with Crippen LogP contribution in [0.5, 0.6) is 0 Å². The second-order valence-corrected chi connectivity index (χ2v) is 17.0. The van der Waals surface area contributed by atoms with Crippen LogP contribution in [-0.2, 0) is 49.0 Å². The van der Waals surface area contributed by atoms with Gasteiger partial charge in [-0.15, -0.1) is 0 Å². The van der Waals surface area contributed by atoms with E-state index in [9.17, 15) is 56.7 Å². The highest BCUT2D eigenvalue weighted by atomic mass is 31.2. The van der Waals surface area contributed by atoms with Gasteiger partial charge in [0.2, 0.25) is 29.5 Å². The number of ether oxygens (including phenoxy) is 1. The van der Waals surface area contributed by atoms with E-state index in [0.29, 0.717) is 11.8 Å². The molecule has 6 N–H and O–H groups in total. The van der Waals surface area contributed by atoms with Crippen LogP contribution < -0.4 is 21.3 Å². The normalized spacial score (nSPS) is 27.2. The Bertz CT molecular complexity index is 2070. The summed E-state index contributed by atoms with van der Waals surface area (Å²) in [6.07, 6.45) is -3.91. The Balaban J connectivity index is 1.55. The predicted molar refractivity (Wildman–Crippen MR) is 211 cm³/mol. The van der Waals surface area contributed by atoms with Gasteiger partial charge in [0, 0.05) is 44.7 Å². The summed E-state index contributed by atoms with van der Waals surface area (Å²) in [7, 11) is -3.96. The third-order valence-electron chi connectivity index (χ3n) is 10.8. The van der Waals surface area contributed by atoms with Crippen LogP contribution in [0.1, 0.15) is 51.7 Å². The topological polar surface area (TPSA) is 253 Å². The molecule has 2 aromatic rings. The fourth-order valence-electron chi connectivity index (χ4n) is 7.58. The summed E-state index contributed by atoms with van der Waals surface area (Å²) >= 11 is 0. The standard InChI is InChI=1S/C39H50F2N7O12P/c1-19-7-9-27(10-8-19)43-39(55)44-29(14-24-12-25(40)15-26(41)13-24)34(50)45-32-23(5)59-38(54)31-11-20(2)17-47(31)35(51)21(3)42-33(49)22(4)46(6)36(52)30-16-28(60-61(56,57)58)18-48(30)37(32)53/h7-10,12-13,15,20-23,28-32H,11,14,16-18H2,1-6H3,(H,42,49)(H,45,50)(H2,43,44,55)(H2,56,57,58)/t20-,21-,22-,23-,28+,29-,30-,31-,32-/m0/s1. The molecule has 3 aliphatic rings. The Morgan fingerprint density at radius 3 is 2.16 bits per heavy atom. The van der Waals surface area contributed by atoms with Gasteiger partial charge in [0.1, 0.15) is 54.0 Å². The van der Waals surface area contributed by atoms with Gasteiger partial charge < -0.3 is 50.5 Å². The van der Waals surface area contributed by atoms with Gasteiger partial charge in [-0.05, 0) is 69.9 Å². The number of aryl methyl sites for hydroxylation is 1. The quantitative estimate of drug-likeness (QED) is 0.161. The van der Waals surface area contributed by atoms with E-state index in [1.54, 1.807) is 31.2 Å². The summed E-state index contributed by atoms with van der Waals surface area (Å²) in [5.41, 5.74) is 1.13. The zero-order valence-corrected chi connectivity index (χ0v) is 35.2. The number of halogens is 2. The van der Waals surface area contributed by atoms with E-state index >= 15 is 0 Å². The molecule has 19 nitrogen and oxygen atoms in total. The fraction of sp³-hybridized carbons (Fsp3) is 0.513. The number of hydrogen-bond acceptors (Lipinski definition) is 10. The highest BCUT2D eigenvalue weighted by molar-refractivity contribution is 7.46. The van der Waals surface area contributed by atoms with Crippen molar-refractivity contribution in [3.8, 4) is 0 Å². The van der Waals surface area contributed by atoms with E-state index in [4.69, 9.17) is 9.26 Å². The summed E-state index contributed by atoms with van der Waals surface area (Å²) in [4.78, 5) is 120. The molecule has 3 aliphatic heterocycles. The lowest BCUT2D eigenvalue weighted by molar-refractivity contribution is -0.162. The number of rotatable bonds is 8. The number of phosphoric acid groups is 1. The van der Waals surface area contributed by atoms with E-state index < -0.39 is 129 Å². The molecule has 0 saturated carbocycles. The lowest BCUT2D eigenvalue weighted by Gasteiger charge is -2.36. The van der Waals surface area contributed by atoms with Gasteiger partial charge >= 0.3 is 19.8 Å². The van der Waals surface area contributed by atoms with E-state index in [1.807, 2.05) is 6.92 Å². The third kappa shape index (κ3) is 11.7. The third-order valence-corrected chi connectivity index (χ3v) is 11.4. The number of hydrogen-bond donors (Lipinski definition) is 6. The summed E-state index contributed by atoms with van der Waals surface area (Å²) in [6.45, 7) is 7.10. The number of fused-ring (bicyclic) bond motifs is 2. The monoisotopic (exact) mass is 877 g/mol. The Hall–Kier alpha value is -5.50. The molecule has 0 bridgehead atoms. The minimum Gasteiger partial charge on any atom is -0.458 e. The smallest absolute Gasteiger partial charge is 0.458 e. The van der Waals surface area contributed by atoms with Crippen molar-refractivity contribution in [1.82, 2.24) is 30.7 Å². The van der Waals surface area contributed by atoms with Crippen LogP contribution in [0.25, 0.3) is 0 Å².